The highest BCUT2D eigenvalue weighted by atomic mass is 32.2. The molecule has 0 unspecified atom stereocenters. The number of aromatic nitrogens is 2. The first-order chi connectivity index (χ1) is 35.5. The highest BCUT2D eigenvalue weighted by Gasteiger charge is 2.50. The van der Waals surface area contributed by atoms with Crippen LogP contribution in [0.4, 0.5) is 17.1 Å². The number of nitrogens with one attached hydrogen (secondary N) is 3. The predicted molar refractivity (Wildman–Crippen MR) is 280 cm³/mol. The monoisotopic (exact) mass is 1030 g/mol. The molecule has 5 fully saturated rings. The number of benzene rings is 3. The average molecular weight is 1030 g/mol. The van der Waals surface area contributed by atoms with Crippen LogP contribution in [0, 0.1) is 21.4 Å². The van der Waals surface area contributed by atoms with Gasteiger partial charge < -0.3 is 39.6 Å². The number of anilines is 2. The Kier molecular flexibility index (Phi) is 13.5. The third-order valence-corrected chi connectivity index (χ3v) is 18.3. The van der Waals surface area contributed by atoms with Crippen molar-refractivity contribution in [3.63, 3.8) is 0 Å². The maximum Gasteiger partial charge on any atom is 0.297 e. The molecule has 2 aromatic heterocycles. The zero-order chi connectivity index (χ0) is 51.5. The number of β-amino-alcohol motifs (C(OH)–C–C–N with tert-alkyl or cyclic N) is 1. The standard InChI is InChI=1S/C55H68N8O10S/c1-34(2)41-7-4-5-8-42(41)45-9-6-20-62(45)38-29-55(30-38)17-21-61(22-18-55)37-10-11-43(47(26-37)73-49-25-36-14-19-56-51(36)58-53(49)71-24-23-60-31-39(64)32-60)52(65)59-74(69,70)40-27-46(63(67)68)50-48(28-40)72-33-44(57-50)35-12-15-54(3,66)16-13-35/h4-5,7-8,10-11,14,19,25-28,34-35,38-39,44-45,57,64,66H,6,9,12-13,15-18,20-24,29-33H2,1-3H3,(H,56,58)(H,59,65)/t35?,44-,45-,54?/m1/s1. The van der Waals surface area contributed by atoms with Gasteiger partial charge in [0.25, 0.3) is 27.5 Å². The van der Waals surface area contributed by atoms with Crippen LogP contribution in [0.1, 0.15) is 118 Å². The number of carbonyl (C=O) groups is 1. The van der Waals surface area contributed by atoms with Crippen LogP contribution < -0.4 is 29.1 Å². The SMILES string of the molecule is CC(C)c1ccccc1[C@H]1CCCN1C1CC2(CCN(c3ccc(C(=O)NS(=O)(=O)c4cc5c(c([N+](=O)[O-])c4)N[C@@H](C4CCC(C)(O)CC4)CO5)c(Oc4cc5cc[nH]c5nc4OCCN4CC(O)C4)c3)CC2)C1. The van der Waals surface area contributed by atoms with Gasteiger partial charge in [0.15, 0.2) is 17.2 Å². The third kappa shape index (κ3) is 10.1. The Hall–Kier alpha value is -5.99. The van der Waals surface area contributed by atoms with Crippen molar-refractivity contribution in [1.29, 1.82) is 0 Å². The number of rotatable bonds is 15. The van der Waals surface area contributed by atoms with Gasteiger partial charge in [-0.3, -0.25) is 24.7 Å². The van der Waals surface area contributed by atoms with Gasteiger partial charge in [-0.05, 0) is 130 Å². The molecule has 6 aliphatic rings. The van der Waals surface area contributed by atoms with E-state index in [-0.39, 0.29) is 71.1 Å². The van der Waals surface area contributed by atoms with Crippen LogP contribution >= 0.6 is 0 Å². The number of aromatic amines is 1. The lowest BCUT2D eigenvalue weighted by molar-refractivity contribution is -0.384. The molecule has 19 heteroatoms. The van der Waals surface area contributed by atoms with Gasteiger partial charge in [-0.2, -0.15) is 4.98 Å². The molecule has 3 saturated heterocycles. The Morgan fingerprint density at radius 2 is 1.77 bits per heavy atom. The molecule has 0 radical (unpaired) electrons. The summed E-state index contributed by atoms with van der Waals surface area (Å²) in [4.78, 5) is 40.7. The van der Waals surface area contributed by atoms with E-state index in [0.29, 0.717) is 69.0 Å². The van der Waals surface area contributed by atoms with Crippen LogP contribution in [0.5, 0.6) is 23.1 Å². The minimum Gasteiger partial charge on any atom is -0.489 e. The largest absolute Gasteiger partial charge is 0.489 e. The first-order valence-electron chi connectivity index (χ1n) is 26.4. The summed E-state index contributed by atoms with van der Waals surface area (Å²) in [7, 11) is -4.73. The molecular weight excluding hydrogens is 965 g/mol. The summed E-state index contributed by atoms with van der Waals surface area (Å²) in [5, 5.41) is 36.8. The highest BCUT2D eigenvalue weighted by molar-refractivity contribution is 7.90. The fraction of sp³-hybridized carbons (Fsp3) is 0.527. The van der Waals surface area contributed by atoms with Crippen LogP contribution in [0.25, 0.3) is 11.0 Å². The predicted octanol–water partition coefficient (Wildman–Crippen LogP) is 8.26. The number of pyridine rings is 1. The quantitative estimate of drug-likeness (QED) is 0.0492. The topological polar surface area (TPSA) is 225 Å². The maximum atomic E-state index is 14.4. The fourth-order valence-corrected chi connectivity index (χ4v) is 13.6. The van der Waals surface area contributed by atoms with Crippen molar-refractivity contribution in [3.8, 4) is 23.1 Å². The Morgan fingerprint density at radius 1 is 1.00 bits per heavy atom. The van der Waals surface area contributed by atoms with Crippen molar-refractivity contribution in [2.75, 3.05) is 62.7 Å². The molecule has 18 nitrogen and oxygen atoms in total. The summed E-state index contributed by atoms with van der Waals surface area (Å²) < 4.78 is 49.4. The molecule has 74 heavy (non-hydrogen) atoms. The number of sulfonamides is 1. The number of H-pyrrole nitrogens is 1. The lowest BCUT2D eigenvalue weighted by Gasteiger charge is -2.56. The Bertz CT molecular complexity index is 3020. The lowest BCUT2D eigenvalue weighted by atomic mass is 9.59. The molecule has 5 N–H and O–H groups in total. The second kappa shape index (κ2) is 19.9. The first kappa shape index (κ1) is 50.2. The summed E-state index contributed by atoms with van der Waals surface area (Å²) in [5.41, 5.74) is 3.25. The Morgan fingerprint density at radius 3 is 2.51 bits per heavy atom. The van der Waals surface area contributed by atoms with Gasteiger partial charge >= 0.3 is 0 Å². The number of nitrogens with zero attached hydrogens (tertiary/aromatic N) is 5. The van der Waals surface area contributed by atoms with E-state index < -0.39 is 37.0 Å². The number of likely N-dealkylation sites (tertiary alicyclic amines) is 2. The Labute approximate surface area is 432 Å². The average Bonchev–Trinajstić information content (AvgIpc) is 4.05. The van der Waals surface area contributed by atoms with Crippen molar-refractivity contribution in [2.45, 2.75) is 126 Å². The van der Waals surface area contributed by atoms with Crippen molar-refractivity contribution < 1.29 is 42.6 Å². The molecule has 0 bridgehead atoms. The molecule has 2 saturated carbocycles. The summed E-state index contributed by atoms with van der Waals surface area (Å²) in [5.74, 6) is -0.0391. The van der Waals surface area contributed by atoms with E-state index >= 15 is 0 Å². The van der Waals surface area contributed by atoms with Crippen LogP contribution in [-0.2, 0) is 10.0 Å². The number of piperidine rings is 1. The van der Waals surface area contributed by atoms with Crippen LogP contribution in [0.15, 0.2) is 77.8 Å². The van der Waals surface area contributed by atoms with Crippen LogP contribution in [0.2, 0.25) is 0 Å². The van der Waals surface area contributed by atoms with Gasteiger partial charge in [0.05, 0.1) is 33.1 Å². The Balaban J connectivity index is 0.837. The van der Waals surface area contributed by atoms with Gasteiger partial charge in [-0.25, -0.2) is 13.1 Å². The van der Waals surface area contributed by atoms with Crippen molar-refractivity contribution in [2.24, 2.45) is 11.3 Å². The number of hydrogen-bond acceptors (Lipinski definition) is 15. The molecular formula is C55H68N8O10S. The molecule has 1 spiro atoms. The number of aliphatic hydroxyl groups excluding tert-OH is 1. The minimum atomic E-state index is -4.73. The molecule has 1 amide bonds. The summed E-state index contributed by atoms with van der Waals surface area (Å²) in [6.07, 6.45) is 10.7. The third-order valence-electron chi connectivity index (χ3n) is 17.0. The van der Waals surface area contributed by atoms with Crippen LogP contribution in [-0.4, -0.2) is 126 Å². The first-order valence-corrected chi connectivity index (χ1v) is 27.9. The normalized spacial score (nSPS) is 24.5. The van der Waals surface area contributed by atoms with Crippen LogP contribution in [0.3, 0.4) is 0 Å². The number of nitro benzene ring substituents is 1. The number of nitro groups is 1. The van der Waals surface area contributed by atoms with Gasteiger partial charge in [-0.1, -0.05) is 38.1 Å². The molecule has 394 valence electrons. The summed E-state index contributed by atoms with van der Waals surface area (Å²) >= 11 is 0. The molecule has 6 heterocycles. The summed E-state index contributed by atoms with van der Waals surface area (Å²) in [6.45, 7) is 11.1. The van der Waals surface area contributed by atoms with E-state index in [1.807, 2.05) is 11.0 Å². The number of fused-ring (bicyclic) bond motifs is 2. The molecule has 5 aromatic rings. The van der Waals surface area contributed by atoms with Gasteiger partial charge in [0.2, 0.25) is 0 Å². The van der Waals surface area contributed by atoms with Crippen molar-refractivity contribution in [3.05, 3.63) is 99.7 Å². The zero-order valence-corrected chi connectivity index (χ0v) is 43.2. The lowest BCUT2D eigenvalue weighted by Crippen LogP contribution is -2.54. The van der Waals surface area contributed by atoms with E-state index in [0.717, 1.165) is 49.6 Å². The fourth-order valence-electron chi connectivity index (χ4n) is 12.6. The molecule has 2 aliphatic carbocycles. The van der Waals surface area contributed by atoms with Gasteiger partial charge in [0, 0.05) is 80.3 Å². The van der Waals surface area contributed by atoms with Gasteiger partial charge in [-0.15, -0.1) is 0 Å². The molecule has 2 atom stereocenters. The highest BCUT2D eigenvalue weighted by Crippen LogP contribution is 2.54. The van der Waals surface area contributed by atoms with E-state index in [4.69, 9.17) is 19.2 Å². The van der Waals surface area contributed by atoms with Crippen molar-refractivity contribution >= 4 is 44.0 Å². The van der Waals surface area contributed by atoms with Gasteiger partial charge in [0.1, 0.15) is 24.6 Å². The molecule has 3 aromatic carbocycles. The number of hydrogen-bond donors (Lipinski definition) is 5. The van der Waals surface area contributed by atoms with E-state index in [2.05, 4.69) is 62.9 Å². The second-order valence-corrected chi connectivity index (χ2v) is 24.1. The number of aliphatic hydroxyl groups is 2. The number of carbonyl (C=O) groups excluding carboxylic acids is 1. The second-order valence-electron chi connectivity index (χ2n) is 22.4. The summed E-state index contributed by atoms with van der Waals surface area (Å²) in [6, 6.07) is 20.5. The van der Waals surface area contributed by atoms with E-state index in [9.17, 15) is 33.5 Å². The van der Waals surface area contributed by atoms with Crippen molar-refractivity contribution in [1.82, 2.24) is 24.5 Å². The van der Waals surface area contributed by atoms with E-state index in [1.165, 1.54) is 42.9 Å². The minimum absolute atomic E-state index is 0.0155. The maximum absolute atomic E-state index is 14.4. The zero-order valence-electron chi connectivity index (χ0n) is 42.4. The number of ether oxygens (including phenoxy) is 3. The molecule has 11 rings (SSSR count). The van der Waals surface area contributed by atoms with E-state index in [1.54, 1.807) is 37.4 Å². The number of amides is 1. The molecule has 4 aliphatic heterocycles. The smallest absolute Gasteiger partial charge is 0.297 e.